The van der Waals surface area contributed by atoms with E-state index in [1.807, 2.05) is 42.5 Å². The topological polar surface area (TPSA) is 58.4 Å². The van der Waals surface area contributed by atoms with Crippen molar-refractivity contribution in [1.82, 2.24) is 15.2 Å². The van der Waals surface area contributed by atoms with Gasteiger partial charge in [0.15, 0.2) is 11.7 Å². The van der Waals surface area contributed by atoms with Gasteiger partial charge < -0.3 is 9.73 Å². The molecule has 0 aliphatic heterocycles. The fourth-order valence-electron chi connectivity index (χ4n) is 3.49. The molecular formula is C24H28ClN3O2. The fourth-order valence-corrected chi connectivity index (χ4v) is 3.62. The first-order valence-corrected chi connectivity index (χ1v) is 10.7. The first kappa shape index (κ1) is 22.1. The van der Waals surface area contributed by atoms with Gasteiger partial charge in [-0.2, -0.15) is 0 Å². The number of nitrogens with zero attached hydrogens (tertiary/aromatic N) is 2. The highest BCUT2D eigenvalue weighted by atomic mass is 35.5. The summed E-state index contributed by atoms with van der Waals surface area (Å²) in [5.74, 6) is 1.22. The molecule has 158 valence electrons. The van der Waals surface area contributed by atoms with Crippen molar-refractivity contribution in [2.45, 2.75) is 32.7 Å². The van der Waals surface area contributed by atoms with Crippen molar-refractivity contribution in [3.63, 3.8) is 0 Å². The molecule has 0 bridgehead atoms. The van der Waals surface area contributed by atoms with Crippen LogP contribution < -0.4 is 5.32 Å². The van der Waals surface area contributed by atoms with Gasteiger partial charge in [-0.15, -0.1) is 0 Å². The van der Waals surface area contributed by atoms with Gasteiger partial charge in [0.05, 0.1) is 12.2 Å². The monoisotopic (exact) mass is 425 g/mol. The molecule has 0 aliphatic rings. The van der Waals surface area contributed by atoms with Gasteiger partial charge in [-0.1, -0.05) is 55.8 Å². The van der Waals surface area contributed by atoms with Gasteiger partial charge >= 0.3 is 0 Å². The van der Waals surface area contributed by atoms with Gasteiger partial charge in [-0.25, -0.2) is 4.98 Å². The van der Waals surface area contributed by atoms with Gasteiger partial charge in [0.2, 0.25) is 5.91 Å². The van der Waals surface area contributed by atoms with Crippen molar-refractivity contribution in [2.24, 2.45) is 0 Å². The van der Waals surface area contributed by atoms with Gasteiger partial charge in [0.1, 0.15) is 0 Å². The van der Waals surface area contributed by atoms with Crippen molar-refractivity contribution in [3.05, 3.63) is 77.3 Å². The molecule has 6 heteroatoms. The van der Waals surface area contributed by atoms with E-state index in [0.29, 0.717) is 36.1 Å². The van der Waals surface area contributed by atoms with Crippen LogP contribution in [-0.4, -0.2) is 35.4 Å². The predicted molar refractivity (Wildman–Crippen MR) is 120 cm³/mol. The molecule has 2 aromatic carbocycles. The van der Waals surface area contributed by atoms with Crippen LogP contribution in [0.3, 0.4) is 0 Å². The van der Waals surface area contributed by atoms with E-state index in [2.05, 4.69) is 41.2 Å². The Morgan fingerprint density at radius 3 is 2.47 bits per heavy atom. The normalized spacial score (nSPS) is 12.1. The van der Waals surface area contributed by atoms with Crippen molar-refractivity contribution in [2.75, 3.05) is 19.6 Å². The summed E-state index contributed by atoms with van der Waals surface area (Å²) in [6, 6.07) is 17.9. The number of aromatic nitrogens is 1. The summed E-state index contributed by atoms with van der Waals surface area (Å²) in [5.41, 5.74) is 2.12. The van der Waals surface area contributed by atoms with Crippen LogP contribution in [0.1, 0.15) is 37.8 Å². The molecule has 1 heterocycles. The van der Waals surface area contributed by atoms with E-state index in [9.17, 15) is 4.79 Å². The van der Waals surface area contributed by atoms with E-state index >= 15 is 0 Å². The average molecular weight is 426 g/mol. The Morgan fingerprint density at radius 1 is 1.10 bits per heavy atom. The van der Waals surface area contributed by atoms with E-state index in [-0.39, 0.29) is 11.9 Å². The second-order valence-electron chi connectivity index (χ2n) is 7.08. The summed E-state index contributed by atoms with van der Waals surface area (Å²) < 4.78 is 5.79. The van der Waals surface area contributed by atoms with Crippen LogP contribution in [0.5, 0.6) is 0 Å². The zero-order chi connectivity index (χ0) is 21.3. The number of likely N-dealkylation sites (N-methyl/N-ethyl adjacent to an activating group) is 1. The first-order chi connectivity index (χ1) is 14.6. The van der Waals surface area contributed by atoms with E-state index in [1.165, 1.54) is 5.56 Å². The molecule has 0 fully saturated rings. The van der Waals surface area contributed by atoms with Crippen molar-refractivity contribution < 1.29 is 9.21 Å². The Kier molecular flexibility index (Phi) is 8.05. The maximum absolute atomic E-state index is 12.5. The summed E-state index contributed by atoms with van der Waals surface area (Å²) in [4.78, 5) is 19.1. The van der Waals surface area contributed by atoms with Gasteiger partial charge in [-0.05, 0) is 42.9 Å². The van der Waals surface area contributed by atoms with Crippen LogP contribution in [0.15, 0.2) is 65.2 Å². The highest BCUT2D eigenvalue weighted by Crippen LogP contribution is 2.23. The number of carbonyl (C=O) groups is 1. The van der Waals surface area contributed by atoms with Crippen LogP contribution in [0, 0.1) is 0 Å². The molecule has 3 aromatic rings. The third kappa shape index (κ3) is 5.94. The Balaban J connectivity index is 1.54. The number of aryl methyl sites for hydroxylation is 1. The standard InChI is InChI=1S/C24H28ClN3O2/c1-3-28(4-2)21(18-8-6-5-7-9-18)16-26-23(29)14-15-24-27-17-22(30-24)19-10-12-20(25)13-11-19/h5-13,17,21H,3-4,14-16H2,1-2H3,(H,26,29). The number of benzene rings is 2. The Hall–Kier alpha value is -2.63. The second-order valence-corrected chi connectivity index (χ2v) is 7.51. The lowest BCUT2D eigenvalue weighted by Crippen LogP contribution is -2.38. The highest BCUT2D eigenvalue weighted by Gasteiger charge is 2.18. The first-order valence-electron chi connectivity index (χ1n) is 10.4. The number of hydrogen-bond donors (Lipinski definition) is 1. The molecule has 30 heavy (non-hydrogen) atoms. The molecule has 1 unspecified atom stereocenters. The number of amides is 1. The van der Waals surface area contributed by atoms with Crippen LogP contribution in [0.2, 0.25) is 5.02 Å². The SMILES string of the molecule is CCN(CC)C(CNC(=O)CCc1ncc(-c2ccc(Cl)cc2)o1)c1ccccc1. The average Bonchev–Trinajstić information content (AvgIpc) is 3.25. The lowest BCUT2D eigenvalue weighted by molar-refractivity contribution is -0.121. The molecular weight excluding hydrogens is 398 g/mol. The third-order valence-electron chi connectivity index (χ3n) is 5.18. The van der Waals surface area contributed by atoms with Gasteiger partial charge in [0, 0.05) is 30.0 Å². The van der Waals surface area contributed by atoms with Crippen molar-refractivity contribution >= 4 is 17.5 Å². The molecule has 3 rings (SSSR count). The predicted octanol–water partition coefficient (Wildman–Crippen LogP) is 5.13. The second kappa shape index (κ2) is 11.0. The van der Waals surface area contributed by atoms with Crippen molar-refractivity contribution in [3.8, 4) is 11.3 Å². The Bertz CT molecular complexity index is 921. The van der Waals surface area contributed by atoms with Crippen LogP contribution in [0.25, 0.3) is 11.3 Å². The van der Waals surface area contributed by atoms with Crippen molar-refractivity contribution in [1.29, 1.82) is 0 Å². The Morgan fingerprint density at radius 2 is 1.80 bits per heavy atom. The summed E-state index contributed by atoms with van der Waals surface area (Å²) in [6.07, 6.45) is 2.48. The number of nitrogens with one attached hydrogen (secondary N) is 1. The zero-order valence-corrected chi connectivity index (χ0v) is 18.2. The molecule has 1 atom stereocenters. The lowest BCUT2D eigenvalue weighted by Gasteiger charge is -2.30. The van der Waals surface area contributed by atoms with Crippen LogP contribution in [-0.2, 0) is 11.2 Å². The van der Waals surface area contributed by atoms with E-state index in [1.54, 1.807) is 6.20 Å². The molecule has 0 aliphatic carbocycles. The minimum Gasteiger partial charge on any atom is -0.441 e. The fraction of sp³-hybridized carbons (Fsp3) is 0.333. The molecule has 1 N–H and O–H groups in total. The number of hydrogen-bond acceptors (Lipinski definition) is 4. The maximum atomic E-state index is 12.5. The number of halogens is 1. The minimum absolute atomic E-state index is 0.00525. The van der Waals surface area contributed by atoms with Gasteiger partial charge in [-0.3, -0.25) is 9.69 Å². The van der Waals surface area contributed by atoms with E-state index < -0.39 is 0 Å². The number of rotatable bonds is 10. The molecule has 0 radical (unpaired) electrons. The summed E-state index contributed by atoms with van der Waals surface area (Å²) >= 11 is 5.92. The van der Waals surface area contributed by atoms with Crippen LogP contribution in [0.4, 0.5) is 0 Å². The third-order valence-corrected chi connectivity index (χ3v) is 5.43. The zero-order valence-electron chi connectivity index (χ0n) is 17.5. The minimum atomic E-state index is -0.00525. The Labute approximate surface area is 183 Å². The summed E-state index contributed by atoms with van der Waals surface area (Å²) in [7, 11) is 0. The molecule has 0 saturated heterocycles. The van der Waals surface area contributed by atoms with Gasteiger partial charge in [0.25, 0.3) is 0 Å². The quantitative estimate of drug-likeness (QED) is 0.489. The van der Waals surface area contributed by atoms with E-state index in [0.717, 1.165) is 18.7 Å². The molecule has 1 amide bonds. The maximum Gasteiger partial charge on any atom is 0.220 e. The smallest absolute Gasteiger partial charge is 0.220 e. The summed E-state index contributed by atoms with van der Waals surface area (Å²) in [6.45, 7) is 6.71. The molecule has 0 saturated carbocycles. The number of carbonyl (C=O) groups excluding carboxylic acids is 1. The van der Waals surface area contributed by atoms with E-state index in [4.69, 9.17) is 16.0 Å². The van der Waals surface area contributed by atoms with Crippen LogP contribution >= 0.6 is 11.6 Å². The molecule has 1 aromatic heterocycles. The largest absolute Gasteiger partial charge is 0.441 e. The molecule has 5 nitrogen and oxygen atoms in total. The number of oxazole rings is 1. The highest BCUT2D eigenvalue weighted by molar-refractivity contribution is 6.30. The molecule has 0 spiro atoms. The summed E-state index contributed by atoms with van der Waals surface area (Å²) in [5, 5.41) is 3.76. The lowest BCUT2D eigenvalue weighted by atomic mass is 10.0.